The normalized spacial score (nSPS) is 25.8. The van der Waals surface area contributed by atoms with E-state index in [4.69, 9.17) is 9.47 Å². The van der Waals surface area contributed by atoms with Gasteiger partial charge in [-0.2, -0.15) is 0 Å². The highest BCUT2D eigenvalue weighted by Gasteiger charge is 2.49. The number of ether oxygens (including phenoxy) is 2. The van der Waals surface area contributed by atoms with Crippen molar-refractivity contribution in [3.05, 3.63) is 35.9 Å². The second-order valence-corrected chi connectivity index (χ2v) is 7.36. The molecular formula is C21H24N3O4+. The fourth-order valence-corrected chi connectivity index (χ4v) is 3.80. The van der Waals surface area contributed by atoms with Crippen molar-refractivity contribution < 1.29 is 23.6 Å². The molecule has 7 nitrogen and oxygen atoms in total. The molecule has 1 saturated heterocycles. The summed E-state index contributed by atoms with van der Waals surface area (Å²) in [5.41, 5.74) is 2.47. The number of carbonyl (C=O) groups is 2. The Bertz CT molecular complexity index is 867. The number of amidine groups is 1. The van der Waals surface area contributed by atoms with Crippen molar-refractivity contribution in [2.45, 2.75) is 38.8 Å². The van der Waals surface area contributed by atoms with Gasteiger partial charge in [0.15, 0.2) is 0 Å². The molecule has 28 heavy (non-hydrogen) atoms. The van der Waals surface area contributed by atoms with E-state index in [-0.39, 0.29) is 24.3 Å². The molecule has 1 unspecified atom stereocenters. The highest BCUT2D eigenvalue weighted by atomic mass is 16.5. The van der Waals surface area contributed by atoms with Gasteiger partial charge in [0.1, 0.15) is 12.3 Å². The van der Waals surface area contributed by atoms with Gasteiger partial charge in [0.25, 0.3) is 11.9 Å². The minimum absolute atomic E-state index is 0.177. The molecule has 3 heterocycles. The molecular weight excluding hydrogens is 358 g/mol. The number of esters is 1. The van der Waals surface area contributed by atoms with Gasteiger partial charge >= 0.3 is 11.9 Å². The van der Waals surface area contributed by atoms with Crippen molar-refractivity contribution >= 4 is 29.1 Å². The Morgan fingerprint density at radius 2 is 2.14 bits per heavy atom. The smallest absolute Gasteiger partial charge is 0.456 e. The summed E-state index contributed by atoms with van der Waals surface area (Å²) in [4.78, 5) is 34.5. The molecule has 146 valence electrons. The molecule has 0 saturated carbocycles. The number of amides is 1. The summed E-state index contributed by atoms with van der Waals surface area (Å²) in [5.74, 6) is -0.188. The van der Waals surface area contributed by atoms with Crippen LogP contribution in [0.1, 0.15) is 31.7 Å². The molecule has 1 aromatic carbocycles. The second-order valence-electron chi connectivity index (χ2n) is 7.36. The molecule has 0 bridgehead atoms. The van der Waals surface area contributed by atoms with Crippen molar-refractivity contribution in [3.8, 4) is 0 Å². The first kappa shape index (κ1) is 18.7. The summed E-state index contributed by atoms with van der Waals surface area (Å²) >= 11 is 0. The SMILES string of the molecule is CC1=NC(=NCC2CCOC2)C(=O)[N+]2=C1CC[C@H]2C(=O)OCc1ccccc1. The first-order valence-electron chi connectivity index (χ1n) is 9.71. The van der Waals surface area contributed by atoms with Crippen LogP contribution in [0.3, 0.4) is 0 Å². The molecule has 0 spiro atoms. The van der Waals surface area contributed by atoms with Crippen molar-refractivity contribution in [2.24, 2.45) is 15.9 Å². The maximum atomic E-state index is 13.0. The van der Waals surface area contributed by atoms with Gasteiger partial charge in [-0.15, -0.1) is 4.58 Å². The van der Waals surface area contributed by atoms with Gasteiger partial charge in [-0.05, 0) is 18.9 Å². The van der Waals surface area contributed by atoms with E-state index >= 15 is 0 Å². The molecule has 1 amide bonds. The van der Waals surface area contributed by atoms with E-state index in [0.29, 0.717) is 31.9 Å². The van der Waals surface area contributed by atoms with E-state index in [2.05, 4.69) is 9.98 Å². The lowest BCUT2D eigenvalue weighted by Crippen LogP contribution is -2.44. The van der Waals surface area contributed by atoms with Crippen LogP contribution in [0.4, 0.5) is 0 Å². The van der Waals surface area contributed by atoms with Gasteiger partial charge in [-0.1, -0.05) is 30.3 Å². The number of carbonyl (C=O) groups excluding carboxylic acids is 2. The molecule has 1 fully saturated rings. The molecule has 2 atom stereocenters. The largest absolute Gasteiger partial charge is 0.457 e. The lowest BCUT2D eigenvalue weighted by molar-refractivity contribution is -0.462. The Kier molecular flexibility index (Phi) is 5.43. The Hall–Kier alpha value is -2.67. The van der Waals surface area contributed by atoms with Crippen LogP contribution in [0.2, 0.25) is 0 Å². The van der Waals surface area contributed by atoms with Gasteiger partial charge in [-0.25, -0.2) is 14.6 Å². The van der Waals surface area contributed by atoms with Crippen molar-refractivity contribution in [1.29, 1.82) is 0 Å². The van der Waals surface area contributed by atoms with Crippen LogP contribution < -0.4 is 0 Å². The molecule has 0 radical (unpaired) electrons. The van der Waals surface area contributed by atoms with Crippen molar-refractivity contribution in [2.75, 3.05) is 19.8 Å². The summed E-state index contributed by atoms with van der Waals surface area (Å²) in [6.07, 6.45) is 2.13. The van der Waals surface area contributed by atoms with Crippen LogP contribution in [0, 0.1) is 5.92 Å². The molecule has 3 aliphatic heterocycles. The Morgan fingerprint density at radius 3 is 2.89 bits per heavy atom. The average Bonchev–Trinajstić information content (AvgIpc) is 3.38. The summed E-state index contributed by atoms with van der Waals surface area (Å²) < 4.78 is 12.4. The van der Waals surface area contributed by atoms with Crippen LogP contribution in [0.25, 0.3) is 0 Å². The zero-order chi connectivity index (χ0) is 19.5. The van der Waals surface area contributed by atoms with E-state index in [9.17, 15) is 9.59 Å². The van der Waals surface area contributed by atoms with E-state index in [0.717, 1.165) is 30.0 Å². The number of hydrogen-bond donors (Lipinski definition) is 0. The molecule has 0 N–H and O–H groups in total. The second kappa shape index (κ2) is 8.14. The maximum absolute atomic E-state index is 13.0. The predicted octanol–water partition coefficient (Wildman–Crippen LogP) is 1.78. The molecule has 4 rings (SSSR count). The monoisotopic (exact) mass is 382 g/mol. The number of aliphatic imine (C=N–C) groups is 2. The minimum Gasteiger partial charge on any atom is -0.456 e. The average molecular weight is 382 g/mol. The van der Waals surface area contributed by atoms with Crippen LogP contribution in [0.5, 0.6) is 0 Å². The lowest BCUT2D eigenvalue weighted by atomic mass is 10.1. The summed E-state index contributed by atoms with van der Waals surface area (Å²) in [6.45, 7) is 3.99. The van der Waals surface area contributed by atoms with E-state index in [1.54, 1.807) is 4.58 Å². The zero-order valence-electron chi connectivity index (χ0n) is 16.0. The summed E-state index contributed by atoms with van der Waals surface area (Å²) in [7, 11) is 0. The fraction of sp³-hybridized carbons (Fsp3) is 0.476. The van der Waals surface area contributed by atoms with Gasteiger partial charge in [0.2, 0.25) is 5.71 Å². The third-order valence-electron chi connectivity index (χ3n) is 5.38. The molecule has 0 aromatic heterocycles. The molecule has 3 aliphatic rings. The number of benzene rings is 1. The number of hydrogen-bond acceptors (Lipinski definition) is 5. The molecule has 0 aliphatic carbocycles. The van der Waals surface area contributed by atoms with Crippen LogP contribution >= 0.6 is 0 Å². The number of nitrogens with zero attached hydrogens (tertiary/aromatic N) is 3. The maximum Gasteiger partial charge on any atom is 0.457 e. The van der Waals surface area contributed by atoms with Crippen molar-refractivity contribution in [3.63, 3.8) is 0 Å². The van der Waals surface area contributed by atoms with E-state index < -0.39 is 6.04 Å². The van der Waals surface area contributed by atoms with Crippen LogP contribution in [-0.4, -0.2) is 59.5 Å². The molecule has 7 heteroatoms. The first-order chi connectivity index (χ1) is 13.6. The number of rotatable bonds is 5. The van der Waals surface area contributed by atoms with E-state index in [1.807, 2.05) is 37.3 Å². The van der Waals surface area contributed by atoms with Gasteiger partial charge in [-0.3, -0.25) is 4.99 Å². The standard InChI is InChI=1S/C21H24N3O4/c1-14-17-7-8-18(21(26)28-13-15-5-3-2-4-6-15)24(17)20(25)19(23-14)22-11-16-9-10-27-12-16/h2-6,16,18H,7-13H2,1H3/q+1/t16?,18-/m0/s1. The lowest BCUT2D eigenvalue weighted by Gasteiger charge is -2.13. The predicted molar refractivity (Wildman–Crippen MR) is 104 cm³/mol. The van der Waals surface area contributed by atoms with E-state index in [1.165, 1.54) is 0 Å². The highest BCUT2D eigenvalue weighted by molar-refractivity contribution is 6.51. The summed E-state index contributed by atoms with van der Waals surface area (Å²) in [5, 5.41) is 0. The zero-order valence-corrected chi connectivity index (χ0v) is 16.0. The first-order valence-corrected chi connectivity index (χ1v) is 9.71. The highest BCUT2D eigenvalue weighted by Crippen LogP contribution is 2.21. The fourth-order valence-electron chi connectivity index (χ4n) is 3.80. The molecule has 1 aromatic rings. The Morgan fingerprint density at radius 1 is 1.32 bits per heavy atom. The summed E-state index contributed by atoms with van der Waals surface area (Å²) in [6, 6.07) is 8.90. The Balaban J connectivity index is 1.47. The van der Waals surface area contributed by atoms with Gasteiger partial charge in [0.05, 0.1) is 6.61 Å². The van der Waals surface area contributed by atoms with Crippen molar-refractivity contribution in [1.82, 2.24) is 0 Å². The van der Waals surface area contributed by atoms with Crippen LogP contribution in [-0.2, 0) is 25.7 Å². The topological polar surface area (TPSA) is 80.3 Å². The quantitative estimate of drug-likeness (QED) is 0.574. The van der Waals surface area contributed by atoms with Gasteiger partial charge < -0.3 is 9.47 Å². The Labute approximate surface area is 163 Å². The minimum atomic E-state index is -0.614. The third kappa shape index (κ3) is 3.80. The van der Waals surface area contributed by atoms with Crippen LogP contribution in [0.15, 0.2) is 40.3 Å². The van der Waals surface area contributed by atoms with Gasteiger partial charge in [0, 0.05) is 31.9 Å². The third-order valence-corrected chi connectivity index (χ3v) is 5.38.